The molecule has 0 spiro atoms. The van der Waals surface area contributed by atoms with Gasteiger partial charge in [-0.15, -0.1) is 0 Å². The normalized spacial score (nSPS) is 14.2. The van der Waals surface area contributed by atoms with Gasteiger partial charge in [0.25, 0.3) is 0 Å². The van der Waals surface area contributed by atoms with Crippen molar-refractivity contribution in [3.8, 4) is 0 Å². The van der Waals surface area contributed by atoms with Gasteiger partial charge in [0.2, 0.25) is 5.54 Å². The monoisotopic (exact) mass is 368 g/mol. The lowest BCUT2D eigenvalue weighted by Crippen LogP contribution is -2.62. The molecule has 1 aromatic carbocycles. The van der Waals surface area contributed by atoms with Crippen molar-refractivity contribution in [2.24, 2.45) is 0 Å². The number of carbonyl (C=O) groups is 2. The maximum absolute atomic E-state index is 12.8. The molecule has 0 aliphatic heterocycles. The molecule has 0 aliphatic rings. The number of aliphatic carboxylic acids is 1. The van der Waals surface area contributed by atoms with Crippen molar-refractivity contribution in [3.05, 3.63) is 28.2 Å². The number of benzene rings is 1. The molecule has 1 unspecified atom stereocenters. The fourth-order valence-corrected chi connectivity index (χ4v) is 1.94. The number of carboxylic acid groups (broad SMARTS) is 1. The molecule has 5 nitrogen and oxygen atoms in total. The van der Waals surface area contributed by atoms with Crippen LogP contribution in [0.4, 0.5) is 23.7 Å². The molecule has 0 saturated carbocycles. The third-order valence-corrected chi connectivity index (χ3v) is 3.39. The molecule has 1 atom stereocenters. The van der Waals surface area contributed by atoms with E-state index in [4.69, 9.17) is 5.11 Å². The molecule has 1 rings (SSSR count). The summed E-state index contributed by atoms with van der Waals surface area (Å²) in [6.45, 7) is 2.17. The number of aryl methyl sites for hydroxylation is 1. The summed E-state index contributed by atoms with van der Waals surface area (Å²) in [5.74, 6) is -2.20. The highest BCUT2D eigenvalue weighted by atomic mass is 79.9. The van der Waals surface area contributed by atoms with Gasteiger partial charge < -0.3 is 15.7 Å². The van der Waals surface area contributed by atoms with E-state index in [1.165, 1.54) is 11.4 Å². The Hall–Kier alpha value is -1.77. The molecule has 0 aliphatic carbocycles. The minimum absolute atomic E-state index is 0.216. The first-order chi connectivity index (χ1) is 9.47. The van der Waals surface area contributed by atoms with Crippen molar-refractivity contribution in [1.82, 2.24) is 5.32 Å². The van der Waals surface area contributed by atoms with Gasteiger partial charge in [-0.05, 0) is 47.5 Å². The van der Waals surface area contributed by atoms with E-state index in [2.05, 4.69) is 21.2 Å². The van der Waals surface area contributed by atoms with Gasteiger partial charge in [-0.3, -0.25) is 0 Å². The van der Waals surface area contributed by atoms with Crippen LogP contribution in [0.5, 0.6) is 0 Å². The van der Waals surface area contributed by atoms with Crippen LogP contribution in [0.2, 0.25) is 0 Å². The van der Waals surface area contributed by atoms with Crippen LogP contribution in [0.3, 0.4) is 0 Å². The molecule has 0 aromatic heterocycles. The maximum Gasteiger partial charge on any atom is 0.422 e. The van der Waals surface area contributed by atoms with E-state index in [9.17, 15) is 22.8 Å². The predicted molar refractivity (Wildman–Crippen MR) is 73.1 cm³/mol. The molecule has 0 fully saturated rings. The Labute approximate surface area is 126 Å². The Morgan fingerprint density at radius 2 is 1.86 bits per heavy atom. The second-order valence-electron chi connectivity index (χ2n) is 4.49. The molecule has 9 heteroatoms. The van der Waals surface area contributed by atoms with Crippen molar-refractivity contribution >= 4 is 33.6 Å². The third kappa shape index (κ3) is 3.87. The van der Waals surface area contributed by atoms with Gasteiger partial charge in [0.15, 0.2) is 0 Å². The van der Waals surface area contributed by atoms with Crippen LogP contribution >= 0.6 is 15.9 Å². The number of hydrogen-bond donors (Lipinski definition) is 3. The first-order valence-electron chi connectivity index (χ1n) is 5.63. The quantitative estimate of drug-likeness (QED) is 0.765. The topological polar surface area (TPSA) is 78.4 Å². The molecular weight excluding hydrogens is 357 g/mol. The fraction of sp³-hybridized carbons (Fsp3) is 0.333. The minimum atomic E-state index is -5.14. The molecule has 0 saturated heterocycles. The number of anilines is 1. The van der Waals surface area contributed by atoms with Gasteiger partial charge in [-0.25, -0.2) is 9.59 Å². The highest BCUT2D eigenvalue weighted by Crippen LogP contribution is 2.31. The van der Waals surface area contributed by atoms with Crippen LogP contribution in [-0.4, -0.2) is 28.8 Å². The fourth-order valence-electron chi connectivity index (χ4n) is 1.35. The van der Waals surface area contributed by atoms with Crippen LogP contribution in [0.1, 0.15) is 12.5 Å². The number of urea groups is 1. The second kappa shape index (κ2) is 5.92. The Morgan fingerprint density at radius 1 is 1.29 bits per heavy atom. The Morgan fingerprint density at radius 3 is 2.29 bits per heavy atom. The summed E-state index contributed by atoms with van der Waals surface area (Å²) in [5.41, 5.74) is -2.29. The lowest BCUT2D eigenvalue weighted by Gasteiger charge is -2.28. The molecule has 2 amide bonds. The number of nitrogens with one attached hydrogen (secondary N) is 2. The van der Waals surface area contributed by atoms with E-state index < -0.39 is 23.7 Å². The van der Waals surface area contributed by atoms with Crippen LogP contribution < -0.4 is 10.6 Å². The molecule has 0 bridgehead atoms. The number of carboxylic acids is 1. The van der Waals surface area contributed by atoms with Crippen molar-refractivity contribution in [2.75, 3.05) is 5.32 Å². The first-order valence-corrected chi connectivity index (χ1v) is 6.42. The summed E-state index contributed by atoms with van der Waals surface area (Å²) in [5, 5.41) is 12.3. The lowest BCUT2D eigenvalue weighted by molar-refractivity contribution is -0.203. The Kier molecular flexibility index (Phi) is 4.87. The highest BCUT2D eigenvalue weighted by molar-refractivity contribution is 9.10. The third-order valence-electron chi connectivity index (χ3n) is 2.73. The van der Waals surface area contributed by atoms with Crippen LogP contribution in [0.25, 0.3) is 0 Å². The van der Waals surface area contributed by atoms with Crippen LogP contribution in [0, 0.1) is 6.92 Å². The Bertz CT molecular complexity index is 577. The zero-order valence-corrected chi connectivity index (χ0v) is 12.6. The number of halogens is 4. The number of hydrogen-bond acceptors (Lipinski definition) is 2. The molecule has 0 heterocycles. The van der Waals surface area contributed by atoms with Crippen molar-refractivity contribution in [1.29, 1.82) is 0 Å². The van der Waals surface area contributed by atoms with E-state index in [1.54, 1.807) is 19.1 Å². The molecule has 0 radical (unpaired) electrons. The zero-order chi connectivity index (χ0) is 16.4. The van der Waals surface area contributed by atoms with Gasteiger partial charge in [-0.2, -0.15) is 13.2 Å². The van der Waals surface area contributed by atoms with Gasteiger partial charge in [0.05, 0.1) is 5.69 Å². The van der Waals surface area contributed by atoms with Crippen LogP contribution in [-0.2, 0) is 4.79 Å². The van der Waals surface area contributed by atoms with E-state index in [0.29, 0.717) is 11.4 Å². The van der Waals surface area contributed by atoms with Crippen molar-refractivity contribution in [2.45, 2.75) is 25.6 Å². The smallest absolute Gasteiger partial charge is 0.422 e. The van der Waals surface area contributed by atoms with Gasteiger partial charge in [0.1, 0.15) is 0 Å². The summed E-state index contributed by atoms with van der Waals surface area (Å²) < 4.78 is 38.7. The predicted octanol–water partition coefficient (Wildman–Crippen LogP) is 3.28. The number of rotatable bonds is 3. The first kappa shape index (κ1) is 17.3. The lowest BCUT2D eigenvalue weighted by atomic mass is 10.0. The van der Waals surface area contributed by atoms with E-state index in [1.807, 2.05) is 0 Å². The summed E-state index contributed by atoms with van der Waals surface area (Å²) in [6.07, 6.45) is -5.14. The average Bonchev–Trinajstić information content (AvgIpc) is 2.31. The van der Waals surface area contributed by atoms with Crippen molar-refractivity contribution < 1.29 is 27.9 Å². The number of carbonyl (C=O) groups excluding carboxylic acids is 1. The highest BCUT2D eigenvalue weighted by Gasteiger charge is 2.58. The molecular formula is C12H12BrF3N2O3. The summed E-state index contributed by atoms with van der Waals surface area (Å²) in [6, 6.07) is 3.49. The largest absolute Gasteiger partial charge is 0.479 e. The summed E-state index contributed by atoms with van der Waals surface area (Å²) in [4.78, 5) is 22.4. The molecule has 21 heavy (non-hydrogen) atoms. The number of alkyl halides is 3. The standard InChI is InChI=1S/C12H12BrF3N2O3/c1-6-3-4-8(7(13)5-6)17-10(21)18-11(2,9(19)20)12(14,15)16/h3-5H,1-2H3,(H,19,20)(H2,17,18,21). The van der Waals surface area contributed by atoms with Crippen LogP contribution in [0.15, 0.2) is 22.7 Å². The zero-order valence-electron chi connectivity index (χ0n) is 11.0. The van der Waals surface area contributed by atoms with Gasteiger partial charge >= 0.3 is 18.2 Å². The van der Waals surface area contributed by atoms with E-state index >= 15 is 0 Å². The average molecular weight is 369 g/mol. The van der Waals surface area contributed by atoms with E-state index in [-0.39, 0.29) is 5.69 Å². The SMILES string of the molecule is Cc1ccc(NC(=O)NC(C)(C(=O)O)C(F)(F)F)c(Br)c1. The summed E-state index contributed by atoms with van der Waals surface area (Å²) in [7, 11) is 0. The molecule has 3 N–H and O–H groups in total. The molecule has 116 valence electrons. The van der Waals surface area contributed by atoms with Gasteiger partial charge in [0, 0.05) is 4.47 Å². The second-order valence-corrected chi connectivity index (χ2v) is 5.34. The Balaban J connectivity index is 2.92. The molecule has 1 aromatic rings. The van der Waals surface area contributed by atoms with E-state index in [0.717, 1.165) is 5.56 Å². The maximum atomic E-state index is 12.8. The van der Waals surface area contributed by atoms with Crippen molar-refractivity contribution in [3.63, 3.8) is 0 Å². The number of amides is 2. The summed E-state index contributed by atoms with van der Waals surface area (Å²) >= 11 is 3.14. The van der Waals surface area contributed by atoms with Gasteiger partial charge in [-0.1, -0.05) is 6.07 Å². The minimum Gasteiger partial charge on any atom is -0.479 e.